The zero-order valence-electron chi connectivity index (χ0n) is 5.35. The second-order valence-electron chi connectivity index (χ2n) is 0.749. The Morgan fingerprint density at radius 1 is 1.56 bits per heavy atom. The van der Waals surface area contributed by atoms with Gasteiger partial charge in [0.25, 0.3) is 10.8 Å². The Morgan fingerprint density at radius 3 is 1.89 bits per heavy atom. The monoisotopic (exact) mass is 188 g/mol. The summed E-state index contributed by atoms with van der Waals surface area (Å²) in [5.74, 6) is 0. The van der Waals surface area contributed by atoms with Crippen LogP contribution in [0.4, 0.5) is 0 Å². The summed E-state index contributed by atoms with van der Waals surface area (Å²) in [7, 11) is -7.70. The molecule has 0 heterocycles. The zero-order valence-corrected chi connectivity index (χ0v) is 8.00. The Morgan fingerprint density at radius 2 is 1.89 bits per heavy atom. The summed E-state index contributed by atoms with van der Waals surface area (Å²) in [6.45, 7) is 0. The first-order chi connectivity index (χ1) is 3.42. The van der Waals surface area contributed by atoms with E-state index in [0.717, 1.165) is 0 Å². The predicted octanol–water partition coefficient (Wildman–Crippen LogP) is -5.70. The molecule has 0 aliphatic carbocycles. The third-order valence-electron chi connectivity index (χ3n) is 0.146. The molecule has 0 fully saturated rings. The molecular weight excluding hydrogens is 185 g/mol. The quantitative estimate of drug-likeness (QED) is 0.330. The molecule has 0 aliphatic rings. The van der Waals surface area contributed by atoms with Crippen LogP contribution in [0.5, 0.6) is 0 Å². The van der Waals surface area contributed by atoms with Crippen LogP contribution in [0, 0.1) is 10.8 Å². The van der Waals surface area contributed by atoms with E-state index in [9.17, 15) is 13.9 Å². The van der Waals surface area contributed by atoms with Gasteiger partial charge in [0, 0.05) is 0 Å². The molecule has 0 rings (SSSR count). The fourth-order valence-corrected chi connectivity index (χ4v) is 0.661. The Hall–Kier alpha value is 1.32. The minimum absolute atomic E-state index is 0. The summed E-state index contributed by atoms with van der Waals surface area (Å²) in [5.41, 5.74) is 0. The van der Waals surface area contributed by atoms with E-state index in [1.165, 1.54) is 0 Å². The third kappa shape index (κ3) is 12.5. The Bertz CT molecular complexity index is 110. The molecule has 0 aromatic rings. The maximum atomic E-state index is 9.51. The number of hydrogen-bond donors (Lipinski definition) is 2. The van der Waals surface area contributed by atoms with Gasteiger partial charge in [-0.2, -0.15) is 0 Å². The topological polar surface area (TPSA) is 113 Å². The van der Waals surface area contributed by atoms with Crippen LogP contribution < -0.4 is 38.9 Å². The van der Waals surface area contributed by atoms with Gasteiger partial charge in [-0.25, -0.2) is 4.57 Å². The molecule has 0 radical (unpaired) electrons. The van der Waals surface area contributed by atoms with Crippen LogP contribution in [0.3, 0.4) is 0 Å². The van der Waals surface area contributed by atoms with Crippen molar-refractivity contribution in [1.29, 1.82) is 0 Å². The Labute approximate surface area is 77.2 Å². The van der Waals surface area contributed by atoms with E-state index in [1.54, 1.807) is 0 Å². The predicted molar refractivity (Wildman–Crippen MR) is 14.2 cm³/mol. The van der Waals surface area contributed by atoms with Crippen molar-refractivity contribution in [3.63, 3.8) is 0 Å². The van der Waals surface area contributed by atoms with Gasteiger partial charge in [-0.1, -0.05) is 0 Å². The summed E-state index contributed by atoms with van der Waals surface area (Å²) >= 11 is 0. The molecule has 2 N–H and O–H groups in total. The van der Waals surface area contributed by atoms with E-state index in [4.69, 9.17) is 9.79 Å². The van der Waals surface area contributed by atoms with Crippen molar-refractivity contribution in [3.05, 3.63) is 0 Å². The molecule has 0 aliphatic heterocycles. The summed E-state index contributed by atoms with van der Waals surface area (Å²) in [5, 5.41) is 0. The molecule has 0 saturated heterocycles. The van der Waals surface area contributed by atoms with Gasteiger partial charge in [0.05, 0.1) is 0 Å². The fourth-order valence-electron chi connectivity index (χ4n) is 0.0734. The molecule has 0 amide bonds. The van der Waals surface area contributed by atoms with Crippen LogP contribution in [0.1, 0.15) is 1.43 Å². The van der Waals surface area contributed by atoms with Crippen molar-refractivity contribution < 1.29 is 69.5 Å². The smallest absolute Gasteiger partial charge is 1.00 e. The molecule has 0 atom stereocenters. The van der Waals surface area contributed by atoms with Crippen LogP contribution in [0.15, 0.2) is 0 Å². The van der Waals surface area contributed by atoms with Crippen LogP contribution in [-0.2, 0) is 8.64 Å². The van der Waals surface area contributed by atoms with Crippen molar-refractivity contribution in [2.75, 3.05) is 0 Å². The second kappa shape index (κ2) is 5.03. The van der Waals surface area contributed by atoms with E-state index < -0.39 is 18.6 Å². The van der Waals surface area contributed by atoms with Gasteiger partial charge >= 0.3 is 37.4 Å². The Balaban J connectivity index is -0.000000245. The van der Waals surface area contributed by atoms with Crippen LogP contribution >= 0.6 is 7.82 Å². The van der Waals surface area contributed by atoms with Gasteiger partial charge in [0.1, 0.15) is 4.08 Å². The second-order valence-corrected chi connectivity index (χ2v) is 2.66. The molecule has 6 nitrogen and oxygen atoms in total. The summed E-state index contributed by atoms with van der Waals surface area (Å²) in [4.78, 5) is 15.3. The maximum absolute atomic E-state index is 9.51. The number of hydrogen-bond acceptors (Lipinski definition) is 4. The van der Waals surface area contributed by atoms with Crippen molar-refractivity contribution in [1.82, 2.24) is 0 Å². The van der Waals surface area contributed by atoms with Gasteiger partial charge in [-0.05, 0) is 0 Å². The molecular formula is H3ClNaO6P. The first kappa shape index (κ1) is 12.9. The molecule has 52 valence electrons. The summed E-state index contributed by atoms with van der Waals surface area (Å²) in [6, 6.07) is 0. The van der Waals surface area contributed by atoms with Gasteiger partial charge in [-0.15, -0.1) is 0 Å². The maximum Gasteiger partial charge on any atom is 1.00 e. The van der Waals surface area contributed by atoms with Crippen molar-refractivity contribution >= 4 is 7.82 Å². The van der Waals surface area contributed by atoms with E-state index in [1.807, 2.05) is 0 Å². The molecule has 0 spiro atoms. The summed E-state index contributed by atoms with van der Waals surface area (Å²) < 4.78 is 31.0. The van der Waals surface area contributed by atoms with Gasteiger partial charge in [0.15, 0.2) is 0 Å². The van der Waals surface area contributed by atoms with Crippen LogP contribution in [0.2, 0.25) is 0 Å². The van der Waals surface area contributed by atoms with Crippen LogP contribution in [0.25, 0.3) is 0 Å². The average Bonchev–Trinajstić information content (AvgIpc) is 1.21. The van der Waals surface area contributed by atoms with Crippen molar-refractivity contribution in [2.45, 2.75) is 0 Å². The molecule has 9 heteroatoms. The molecule has 9 heavy (non-hydrogen) atoms. The summed E-state index contributed by atoms with van der Waals surface area (Å²) in [6.07, 6.45) is 0. The fraction of sp³-hybridized carbons (Fsp3) is 0. The zero-order chi connectivity index (χ0) is 6.78. The molecule has 0 unspecified atom stereocenters. The SMILES string of the molecule is O=P(O)(O)O[Cl+2]([O-])[O-].[H-].[Na+]. The van der Waals surface area contributed by atoms with Crippen molar-refractivity contribution in [3.8, 4) is 0 Å². The molecule has 0 aromatic carbocycles. The largest absolute Gasteiger partial charge is 1.00 e. The van der Waals surface area contributed by atoms with Gasteiger partial charge in [-0.3, -0.25) is 9.79 Å². The standard InChI is InChI=1S/ClH2O6P.Na.H/c2-1(3)7-8(4,5)6;;/h(H2,4,5,6);;/q;+1;-1. The minimum Gasteiger partial charge on any atom is -1.00 e. The normalized spacial score (nSPS) is 11.2. The number of rotatable bonds is 2. The van der Waals surface area contributed by atoms with Crippen LogP contribution in [-0.4, -0.2) is 9.79 Å². The molecule has 0 aromatic heterocycles. The first-order valence-electron chi connectivity index (χ1n) is 1.23. The number of halogens is 1. The average molecular weight is 188 g/mol. The Kier molecular flexibility index (Phi) is 7.24. The van der Waals surface area contributed by atoms with Gasteiger partial charge in [0.2, 0.25) is 0 Å². The minimum atomic E-state index is -4.85. The van der Waals surface area contributed by atoms with E-state index in [2.05, 4.69) is 4.08 Å². The van der Waals surface area contributed by atoms with Crippen molar-refractivity contribution in [2.24, 2.45) is 0 Å². The molecule has 0 saturated carbocycles. The molecule has 0 bridgehead atoms. The van der Waals surface area contributed by atoms with E-state index >= 15 is 0 Å². The van der Waals surface area contributed by atoms with E-state index in [-0.39, 0.29) is 31.0 Å². The third-order valence-corrected chi connectivity index (χ3v) is 1.32. The first-order valence-corrected chi connectivity index (χ1v) is 3.68. The van der Waals surface area contributed by atoms with E-state index in [0.29, 0.717) is 0 Å². The van der Waals surface area contributed by atoms with Gasteiger partial charge < -0.3 is 10.7 Å². The number of phosphoric acid groups is 1.